The highest BCUT2D eigenvalue weighted by atomic mass is 16.6. The van der Waals surface area contributed by atoms with Gasteiger partial charge in [-0.05, 0) is 13.8 Å². The van der Waals surface area contributed by atoms with Crippen LogP contribution in [0, 0.1) is 0 Å². The van der Waals surface area contributed by atoms with Crippen molar-refractivity contribution in [3.8, 4) is 0 Å². The summed E-state index contributed by atoms with van der Waals surface area (Å²) in [5, 5.41) is 0. The molecule has 0 rings (SSSR count). The van der Waals surface area contributed by atoms with E-state index in [-0.39, 0.29) is 12.4 Å². The predicted molar refractivity (Wildman–Crippen MR) is 168 cm³/mol. The quantitative estimate of drug-likeness (QED) is 0.0675. The summed E-state index contributed by atoms with van der Waals surface area (Å²) in [5.74, 6) is -0.251. The van der Waals surface area contributed by atoms with Gasteiger partial charge in [0.05, 0.1) is 178 Å². The van der Waals surface area contributed by atoms with E-state index < -0.39 is 0 Å². The van der Waals surface area contributed by atoms with Crippen molar-refractivity contribution in [3.05, 3.63) is 0 Å². The summed E-state index contributed by atoms with van der Waals surface area (Å²) in [6, 6.07) is 0. The molecule has 0 aliphatic carbocycles. The first-order valence-corrected chi connectivity index (χ1v) is 16.5. The van der Waals surface area contributed by atoms with Crippen molar-refractivity contribution in [2.45, 2.75) is 20.3 Å². The minimum atomic E-state index is -0.251. The summed E-state index contributed by atoms with van der Waals surface area (Å²) >= 11 is 0. The first-order chi connectivity index (χ1) is 22.8. The minimum absolute atomic E-state index is 0.251. The van der Waals surface area contributed by atoms with E-state index in [1.807, 2.05) is 6.92 Å². The largest absolute Gasteiger partial charge is 0.466 e. The van der Waals surface area contributed by atoms with Gasteiger partial charge >= 0.3 is 5.97 Å². The van der Waals surface area contributed by atoms with Crippen LogP contribution in [0.4, 0.5) is 0 Å². The van der Waals surface area contributed by atoms with Gasteiger partial charge in [0.25, 0.3) is 0 Å². The maximum Gasteiger partial charge on any atom is 0.308 e. The van der Waals surface area contributed by atoms with Crippen LogP contribution < -0.4 is 0 Å². The zero-order valence-electron chi connectivity index (χ0n) is 28.4. The van der Waals surface area contributed by atoms with Crippen molar-refractivity contribution < 1.29 is 71.1 Å². The van der Waals surface area contributed by atoms with Crippen LogP contribution in [0.3, 0.4) is 0 Å². The highest BCUT2D eigenvalue weighted by Gasteiger charge is 2.01. The second kappa shape index (κ2) is 42.0. The lowest BCUT2D eigenvalue weighted by atomic mass is 10.5. The van der Waals surface area contributed by atoms with E-state index in [1.54, 1.807) is 6.92 Å². The number of carbonyl (C=O) groups is 1. The lowest BCUT2D eigenvalue weighted by Crippen LogP contribution is -2.15. The second-order valence-electron chi connectivity index (χ2n) is 9.10. The topological polar surface area (TPSA) is 146 Å². The number of carbonyl (C=O) groups excluding carboxylic acids is 1. The first kappa shape index (κ1) is 45.0. The molecule has 0 aliphatic rings. The average molecular weight is 675 g/mol. The molecular formula is C31H62O15. The molecule has 0 aromatic rings. The lowest BCUT2D eigenvalue weighted by molar-refractivity contribution is -0.144. The van der Waals surface area contributed by atoms with E-state index in [9.17, 15) is 4.79 Å². The van der Waals surface area contributed by atoms with Crippen LogP contribution in [0.25, 0.3) is 0 Å². The molecule has 15 heteroatoms. The standard InChI is InChI=1S/C31H62O15/c1-3-33-7-8-35-11-12-37-15-16-39-19-20-41-23-24-43-27-28-45-30-29-44-26-25-42-22-21-40-18-17-38-14-13-36-10-9-34-6-5-31(32)46-4-2/h3-30H2,1-2H3. The summed E-state index contributed by atoms with van der Waals surface area (Å²) in [7, 11) is 0. The fourth-order valence-electron chi connectivity index (χ4n) is 3.17. The molecule has 0 amide bonds. The van der Waals surface area contributed by atoms with E-state index in [0.717, 1.165) is 0 Å². The molecule has 0 bridgehead atoms. The van der Waals surface area contributed by atoms with Gasteiger partial charge in [-0.25, -0.2) is 0 Å². The highest BCUT2D eigenvalue weighted by molar-refractivity contribution is 5.69. The van der Waals surface area contributed by atoms with Gasteiger partial charge in [-0.15, -0.1) is 0 Å². The number of rotatable bonds is 41. The molecule has 0 spiro atoms. The maximum absolute atomic E-state index is 11.1. The summed E-state index contributed by atoms with van der Waals surface area (Å²) in [4.78, 5) is 11.1. The van der Waals surface area contributed by atoms with Crippen molar-refractivity contribution in [1.82, 2.24) is 0 Å². The maximum atomic E-state index is 11.1. The molecule has 0 aromatic carbocycles. The van der Waals surface area contributed by atoms with Crippen molar-refractivity contribution in [3.63, 3.8) is 0 Å². The summed E-state index contributed by atoms with van der Waals surface area (Å²) in [5.41, 5.74) is 0. The van der Waals surface area contributed by atoms with E-state index >= 15 is 0 Å². The van der Waals surface area contributed by atoms with Gasteiger partial charge in [0.2, 0.25) is 0 Å². The average Bonchev–Trinajstić information content (AvgIpc) is 3.06. The Morgan fingerprint density at radius 3 is 0.674 bits per heavy atom. The van der Waals surface area contributed by atoms with Crippen LogP contribution in [-0.2, 0) is 71.1 Å². The van der Waals surface area contributed by atoms with Crippen molar-refractivity contribution in [2.75, 3.05) is 178 Å². The third-order valence-electron chi connectivity index (χ3n) is 5.42. The molecule has 46 heavy (non-hydrogen) atoms. The number of ether oxygens (including phenoxy) is 14. The number of esters is 1. The molecule has 0 N–H and O–H groups in total. The SMILES string of the molecule is CCOCCOCCOCCOCCOCCOCCOCCOCCOCCOCCOCCOCCOCCC(=O)OCC. The fraction of sp³-hybridized carbons (Fsp3) is 0.968. The summed E-state index contributed by atoms with van der Waals surface area (Å²) in [6.45, 7) is 17.4. The fourth-order valence-corrected chi connectivity index (χ4v) is 3.17. The normalized spacial score (nSPS) is 11.4. The lowest BCUT2D eigenvalue weighted by Gasteiger charge is -2.09. The van der Waals surface area contributed by atoms with Crippen molar-refractivity contribution in [2.24, 2.45) is 0 Å². The molecule has 0 atom stereocenters. The Bertz CT molecular complexity index is 574. The van der Waals surface area contributed by atoms with Crippen LogP contribution in [0.15, 0.2) is 0 Å². The van der Waals surface area contributed by atoms with Gasteiger partial charge in [0, 0.05) is 6.61 Å². The molecule has 276 valence electrons. The van der Waals surface area contributed by atoms with E-state index in [0.29, 0.717) is 178 Å². The van der Waals surface area contributed by atoms with E-state index in [4.69, 9.17) is 66.3 Å². The van der Waals surface area contributed by atoms with Crippen LogP contribution in [0.2, 0.25) is 0 Å². The van der Waals surface area contributed by atoms with Gasteiger partial charge in [0.1, 0.15) is 0 Å². The highest BCUT2D eigenvalue weighted by Crippen LogP contribution is 1.90. The molecule has 15 nitrogen and oxygen atoms in total. The molecule has 0 unspecified atom stereocenters. The predicted octanol–water partition coefficient (Wildman–Crippen LogP) is 1.18. The Labute approximate surface area is 275 Å². The van der Waals surface area contributed by atoms with E-state index in [2.05, 4.69) is 0 Å². The van der Waals surface area contributed by atoms with Crippen molar-refractivity contribution in [1.29, 1.82) is 0 Å². The van der Waals surface area contributed by atoms with Gasteiger partial charge in [-0.2, -0.15) is 0 Å². The van der Waals surface area contributed by atoms with Gasteiger partial charge in [0.15, 0.2) is 0 Å². The Morgan fingerprint density at radius 1 is 0.283 bits per heavy atom. The van der Waals surface area contributed by atoms with Gasteiger partial charge < -0.3 is 66.3 Å². The van der Waals surface area contributed by atoms with Gasteiger partial charge in [-0.3, -0.25) is 4.79 Å². The third kappa shape index (κ3) is 41.0. The third-order valence-corrected chi connectivity index (χ3v) is 5.42. The Kier molecular flexibility index (Phi) is 41.0. The van der Waals surface area contributed by atoms with Crippen LogP contribution in [0.5, 0.6) is 0 Å². The Balaban J connectivity index is 3.05. The van der Waals surface area contributed by atoms with Gasteiger partial charge in [-0.1, -0.05) is 0 Å². The minimum Gasteiger partial charge on any atom is -0.466 e. The molecule has 0 radical (unpaired) electrons. The Hall–Kier alpha value is -1.05. The number of hydrogen-bond donors (Lipinski definition) is 0. The first-order valence-electron chi connectivity index (χ1n) is 16.5. The molecule has 0 saturated heterocycles. The molecule has 0 saturated carbocycles. The van der Waals surface area contributed by atoms with Crippen LogP contribution in [0.1, 0.15) is 20.3 Å². The van der Waals surface area contributed by atoms with E-state index in [1.165, 1.54) is 0 Å². The summed E-state index contributed by atoms with van der Waals surface area (Å²) in [6.07, 6.45) is 0.256. The smallest absolute Gasteiger partial charge is 0.308 e. The Morgan fingerprint density at radius 2 is 0.478 bits per heavy atom. The zero-order valence-corrected chi connectivity index (χ0v) is 28.4. The zero-order chi connectivity index (χ0) is 33.3. The van der Waals surface area contributed by atoms with Crippen LogP contribution >= 0.6 is 0 Å². The van der Waals surface area contributed by atoms with Crippen LogP contribution in [-0.4, -0.2) is 184 Å². The summed E-state index contributed by atoms with van der Waals surface area (Å²) < 4.78 is 75.1. The number of hydrogen-bond acceptors (Lipinski definition) is 15. The molecule has 0 heterocycles. The molecule has 0 aliphatic heterocycles. The molecular weight excluding hydrogens is 612 g/mol. The van der Waals surface area contributed by atoms with Crippen molar-refractivity contribution >= 4 is 5.97 Å². The molecule has 0 fully saturated rings. The monoisotopic (exact) mass is 674 g/mol. The molecule has 0 aromatic heterocycles. The second-order valence-corrected chi connectivity index (χ2v) is 9.10.